The lowest BCUT2D eigenvalue weighted by molar-refractivity contribution is 0.579. The highest BCUT2D eigenvalue weighted by Crippen LogP contribution is 2.41. The van der Waals surface area contributed by atoms with Gasteiger partial charge < -0.3 is 4.42 Å². The van der Waals surface area contributed by atoms with Crippen molar-refractivity contribution in [1.29, 1.82) is 0 Å². The molecular formula is C16H13O. The largest absolute Gasteiger partial charge is 0.456 e. The minimum absolute atomic E-state index is 0.995. The van der Waals surface area contributed by atoms with Crippen LogP contribution in [0.5, 0.6) is 0 Å². The maximum Gasteiger partial charge on any atom is 0.135 e. The maximum absolute atomic E-state index is 5.90. The quantitative estimate of drug-likeness (QED) is 0.581. The highest BCUT2D eigenvalue weighted by Gasteiger charge is 2.23. The van der Waals surface area contributed by atoms with Crippen LogP contribution in [0.15, 0.2) is 46.9 Å². The van der Waals surface area contributed by atoms with Crippen molar-refractivity contribution in [3.05, 3.63) is 53.9 Å². The van der Waals surface area contributed by atoms with E-state index in [9.17, 15) is 0 Å². The molecule has 1 nitrogen and oxygen atoms in total. The molecule has 17 heavy (non-hydrogen) atoms. The fraction of sp³-hybridized carbons (Fsp3) is 0.188. The van der Waals surface area contributed by atoms with E-state index >= 15 is 0 Å². The predicted octanol–water partition coefficient (Wildman–Crippen LogP) is 4.69. The molecule has 0 amide bonds. The highest BCUT2D eigenvalue weighted by atomic mass is 16.3. The van der Waals surface area contributed by atoms with Gasteiger partial charge in [-0.15, -0.1) is 0 Å². The van der Waals surface area contributed by atoms with Crippen molar-refractivity contribution in [3.8, 4) is 0 Å². The predicted molar refractivity (Wildman–Crippen MR) is 69.9 cm³/mol. The van der Waals surface area contributed by atoms with Gasteiger partial charge in [0.25, 0.3) is 0 Å². The second kappa shape index (κ2) is 3.36. The number of rotatable bonds is 1. The molecule has 83 valence electrons. The molecule has 0 spiro atoms. The van der Waals surface area contributed by atoms with Crippen LogP contribution in [-0.4, -0.2) is 0 Å². The van der Waals surface area contributed by atoms with Crippen molar-refractivity contribution in [1.82, 2.24) is 0 Å². The topological polar surface area (TPSA) is 13.1 Å². The molecule has 0 aliphatic heterocycles. The summed E-state index contributed by atoms with van der Waals surface area (Å²) in [7, 11) is 0. The number of para-hydroxylation sites is 1. The summed E-state index contributed by atoms with van der Waals surface area (Å²) in [5.74, 6) is 1.59. The fourth-order valence-electron chi connectivity index (χ4n) is 2.69. The Balaban J connectivity index is 2.12. The third kappa shape index (κ3) is 1.25. The van der Waals surface area contributed by atoms with Crippen LogP contribution in [0.4, 0.5) is 0 Å². The second-order valence-corrected chi connectivity index (χ2v) is 4.73. The van der Waals surface area contributed by atoms with Crippen molar-refractivity contribution in [2.24, 2.45) is 0 Å². The fourth-order valence-corrected chi connectivity index (χ4v) is 2.69. The van der Waals surface area contributed by atoms with E-state index in [0.29, 0.717) is 0 Å². The summed E-state index contributed by atoms with van der Waals surface area (Å²) in [4.78, 5) is 0. The first-order valence-corrected chi connectivity index (χ1v) is 6.19. The van der Waals surface area contributed by atoms with Crippen LogP contribution < -0.4 is 0 Å². The van der Waals surface area contributed by atoms with E-state index in [4.69, 9.17) is 4.42 Å². The number of fused-ring (bicyclic) bond motifs is 3. The minimum Gasteiger partial charge on any atom is -0.456 e. The summed E-state index contributed by atoms with van der Waals surface area (Å²) in [6, 6.07) is 14.7. The minimum atomic E-state index is 0.995. The summed E-state index contributed by atoms with van der Waals surface area (Å²) in [6.45, 7) is 0. The van der Waals surface area contributed by atoms with E-state index in [1.807, 2.05) is 12.1 Å². The van der Waals surface area contributed by atoms with Gasteiger partial charge in [-0.25, -0.2) is 0 Å². The van der Waals surface area contributed by atoms with Gasteiger partial charge in [0, 0.05) is 16.7 Å². The van der Waals surface area contributed by atoms with Gasteiger partial charge >= 0.3 is 0 Å². The van der Waals surface area contributed by atoms with Crippen LogP contribution in [0.3, 0.4) is 0 Å². The molecule has 1 heterocycles. The second-order valence-electron chi connectivity index (χ2n) is 4.73. The van der Waals surface area contributed by atoms with Gasteiger partial charge in [-0.3, -0.25) is 0 Å². The van der Waals surface area contributed by atoms with E-state index in [1.165, 1.54) is 35.6 Å². The Morgan fingerprint density at radius 1 is 0.824 bits per heavy atom. The molecule has 2 aromatic carbocycles. The Labute approximate surface area is 100 Å². The van der Waals surface area contributed by atoms with Crippen molar-refractivity contribution < 1.29 is 4.42 Å². The lowest BCUT2D eigenvalue weighted by atomic mass is 9.78. The van der Waals surface area contributed by atoms with Crippen LogP contribution in [-0.2, 0) is 0 Å². The van der Waals surface area contributed by atoms with Crippen molar-refractivity contribution in [2.75, 3.05) is 0 Å². The summed E-state index contributed by atoms with van der Waals surface area (Å²) in [5, 5.41) is 2.55. The van der Waals surface area contributed by atoms with Crippen molar-refractivity contribution in [3.63, 3.8) is 0 Å². The third-order valence-electron chi connectivity index (χ3n) is 3.74. The zero-order chi connectivity index (χ0) is 11.2. The third-order valence-corrected chi connectivity index (χ3v) is 3.74. The van der Waals surface area contributed by atoms with Crippen LogP contribution in [0, 0.1) is 5.92 Å². The van der Waals surface area contributed by atoms with Crippen LogP contribution >= 0.6 is 0 Å². The SMILES string of the molecule is c1ccc2c(c1)oc1cccc([C]3CCC3)c12. The van der Waals surface area contributed by atoms with Crippen LogP contribution in [0.2, 0.25) is 0 Å². The first-order chi connectivity index (χ1) is 8.43. The van der Waals surface area contributed by atoms with Gasteiger partial charge in [0.05, 0.1) is 0 Å². The number of furan rings is 1. The summed E-state index contributed by atoms with van der Waals surface area (Å²) in [6.07, 6.45) is 3.83. The first kappa shape index (κ1) is 9.29. The molecule has 1 aromatic heterocycles. The smallest absolute Gasteiger partial charge is 0.135 e. The first-order valence-electron chi connectivity index (χ1n) is 6.19. The molecule has 1 saturated carbocycles. The normalized spacial score (nSPS) is 16.5. The Bertz CT molecular complexity index is 689. The van der Waals surface area contributed by atoms with E-state index in [-0.39, 0.29) is 0 Å². The summed E-state index contributed by atoms with van der Waals surface area (Å²) in [5.41, 5.74) is 3.41. The summed E-state index contributed by atoms with van der Waals surface area (Å²) >= 11 is 0. The molecule has 0 atom stereocenters. The van der Waals surface area contributed by atoms with Gasteiger partial charge in [-0.2, -0.15) is 0 Å². The van der Waals surface area contributed by atoms with Crippen LogP contribution in [0.25, 0.3) is 21.9 Å². The van der Waals surface area contributed by atoms with Crippen molar-refractivity contribution in [2.45, 2.75) is 19.3 Å². The Morgan fingerprint density at radius 2 is 1.65 bits per heavy atom. The van der Waals surface area contributed by atoms with Gasteiger partial charge in [-0.1, -0.05) is 36.8 Å². The van der Waals surface area contributed by atoms with E-state index in [2.05, 4.69) is 30.3 Å². The molecule has 0 N–H and O–H groups in total. The molecule has 0 saturated heterocycles. The number of benzene rings is 2. The Kier molecular flexibility index (Phi) is 1.84. The van der Waals surface area contributed by atoms with E-state index in [0.717, 1.165) is 11.2 Å². The average molecular weight is 221 g/mol. The van der Waals surface area contributed by atoms with Crippen LogP contribution in [0.1, 0.15) is 24.8 Å². The number of hydrogen-bond acceptors (Lipinski definition) is 1. The standard InChI is InChI=1S/C16H13O/c1-2-9-14-13(7-1)16-12(11-5-3-6-11)8-4-10-15(16)17-14/h1-2,4,7-10H,3,5-6H2. The monoisotopic (exact) mass is 221 g/mol. The van der Waals surface area contributed by atoms with Crippen molar-refractivity contribution >= 4 is 21.9 Å². The Hall–Kier alpha value is -1.76. The van der Waals surface area contributed by atoms with Gasteiger partial charge in [0.1, 0.15) is 11.2 Å². The zero-order valence-electron chi connectivity index (χ0n) is 9.57. The Morgan fingerprint density at radius 3 is 2.47 bits per heavy atom. The highest BCUT2D eigenvalue weighted by molar-refractivity contribution is 6.07. The molecular weight excluding hydrogens is 208 g/mol. The number of hydrogen-bond donors (Lipinski definition) is 0. The zero-order valence-corrected chi connectivity index (χ0v) is 9.57. The molecule has 0 bridgehead atoms. The van der Waals surface area contributed by atoms with Gasteiger partial charge in [-0.05, 0) is 30.5 Å². The lowest BCUT2D eigenvalue weighted by Crippen LogP contribution is -2.09. The summed E-state index contributed by atoms with van der Waals surface area (Å²) < 4.78 is 5.90. The lowest BCUT2D eigenvalue weighted by Gasteiger charge is -2.25. The molecule has 1 fully saturated rings. The maximum atomic E-state index is 5.90. The average Bonchev–Trinajstić information content (AvgIpc) is 2.66. The molecule has 1 radical (unpaired) electrons. The molecule has 0 unspecified atom stereocenters. The molecule has 3 aromatic rings. The van der Waals surface area contributed by atoms with Gasteiger partial charge in [0.15, 0.2) is 0 Å². The molecule has 1 aliphatic rings. The molecule has 1 heteroatoms. The molecule has 1 aliphatic carbocycles. The van der Waals surface area contributed by atoms with E-state index < -0.39 is 0 Å². The van der Waals surface area contributed by atoms with Gasteiger partial charge in [0.2, 0.25) is 0 Å². The van der Waals surface area contributed by atoms with E-state index in [1.54, 1.807) is 5.92 Å². The molecule has 4 rings (SSSR count).